The number of rotatable bonds is 3. The second kappa shape index (κ2) is 5.44. The second-order valence-corrected chi connectivity index (χ2v) is 4.96. The SMILES string of the molecule is O=C1CCC(N2C(=O)C=C(Nc3c[c]ccc3)C2=O)C(=O)N1. The number of imide groups is 2. The molecular formula is C15H12N3O4. The van der Waals surface area contributed by atoms with E-state index in [0.29, 0.717) is 5.69 Å². The summed E-state index contributed by atoms with van der Waals surface area (Å²) in [6.07, 6.45) is 1.39. The molecule has 0 aromatic heterocycles. The number of hydrogen-bond acceptors (Lipinski definition) is 5. The minimum atomic E-state index is -0.949. The molecule has 2 N–H and O–H groups in total. The highest BCUT2D eigenvalue weighted by molar-refractivity contribution is 6.20. The molecule has 111 valence electrons. The van der Waals surface area contributed by atoms with E-state index in [4.69, 9.17) is 0 Å². The number of nitrogens with one attached hydrogen (secondary N) is 2. The molecule has 1 saturated heterocycles. The summed E-state index contributed by atoms with van der Waals surface area (Å²) in [7, 11) is 0. The van der Waals surface area contributed by atoms with Gasteiger partial charge in [-0.05, 0) is 24.6 Å². The minimum Gasteiger partial charge on any atom is -0.351 e. The summed E-state index contributed by atoms with van der Waals surface area (Å²) < 4.78 is 0. The van der Waals surface area contributed by atoms with Gasteiger partial charge in [-0.15, -0.1) is 0 Å². The maximum atomic E-state index is 12.3. The third-order valence-electron chi connectivity index (χ3n) is 3.46. The van der Waals surface area contributed by atoms with Crippen LogP contribution in [-0.2, 0) is 19.2 Å². The molecule has 7 heteroatoms. The maximum Gasteiger partial charge on any atom is 0.278 e. The predicted molar refractivity (Wildman–Crippen MR) is 75.0 cm³/mol. The Balaban J connectivity index is 1.77. The lowest BCUT2D eigenvalue weighted by atomic mass is 10.0. The molecule has 1 radical (unpaired) electrons. The highest BCUT2D eigenvalue weighted by Crippen LogP contribution is 2.22. The van der Waals surface area contributed by atoms with E-state index in [0.717, 1.165) is 11.0 Å². The zero-order valence-electron chi connectivity index (χ0n) is 11.5. The van der Waals surface area contributed by atoms with Crippen molar-refractivity contribution in [3.63, 3.8) is 0 Å². The van der Waals surface area contributed by atoms with Crippen LogP contribution in [0.4, 0.5) is 5.69 Å². The van der Waals surface area contributed by atoms with Gasteiger partial charge in [0.25, 0.3) is 11.8 Å². The molecule has 22 heavy (non-hydrogen) atoms. The van der Waals surface area contributed by atoms with Crippen molar-refractivity contribution >= 4 is 29.3 Å². The highest BCUT2D eigenvalue weighted by Gasteiger charge is 2.42. The Bertz CT molecular complexity index is 696. The third kappa shape index (κ3) is 2.48. The summed E-state index contributed by atoms with van der Waals surface area (Å²) in [6.45, 7) is 0. The average Bonchev–Trinajstić information content (AvgIpc) is 2.75. The van der Waals surface area contributed by atoms with E-state index in [-0.39, 0.29) is 18.5 Å². The van der Waals surface area contributed by atoms with Crippen LogP contribution in [0.15, 0.2) is 36.0 Å². The van der Waals surface area contributed by atoms with Crippen LogP contribution < -0.4 is 10.6 Å². The van der Waals surface area contributed by atoms with Gasteiger partial charge in [0.05, 0.1) is 0 Å². The van der Waals surface area contributed by atoms with Crippen LogP contribution in [0.2, 0.25) is 0 Å². The van der Waals surface area contributed by atoms with Crippen molar-refractivity contribution < 1.29 is 19.2 Å². The number of carbonyl (C=O) groups excluding carboxylic acids is 4. The van der Waals surface area contributed by atoms with E-state index in [1.54, 1.807) is 24.3 Å². The molecule has 0 spiro atoms. The number of nitrogens with zero attached hydrogens (tertiary/aromatic N) is 1. The largest absolute Gasteiger partial charge is 0.351 e. The highest BCUT2D eigenvalue weighted by atomic mass is 16.2. The molecule has 0 aliphatic carbocycles. The number of amides is 4. The quantitative estimate of drug-likeness (QED) is 0.763. The Labute approximate surface area is 126 Å². The van der Waals surface area contributed by atoms with Crippen molar-refractivity contribution in [3.05, 3.63) is 42.1 Å². The smallest absolute Gasteiger partial charge is 0.278 e. The van der Waals surface area contributed by atoms with Gasteiger partial charge in [-0.2, -0.15) is 0 Å². The van der Waals surface area contributed by atoms with Gasteiger partial charge in [-0.25, -0.2) is 0 Å². The van der Waals surface area contributed by atoms with Gasteiger partial charge in [0.1, 0.15) is 11.7 Å². The lowest BCUT2D eigenvalue weighted by Gasteiger charge is -2.28. The molecule has 1 fully saturated rings. The molecule has 3 rings (SSSR count). The van der Waals surface area contributed by atoms with E-state index in [2.05, 4.69) is 16.7 Å². The first kappa shape index (κ1) is 14.0. The van der Waals surface area contributed by atoms with Gasteiger partial charge >= 0.3 is 0 Å². The van der Waals surface area contributed by atoms with E-state index in [1.165, 1.54) is 0 Å². The molecule has 1 aromatic rings. The third-order valence-corrected chi connectivity index (χ3v) is 3.46. The molecule has 2 aliphatic heterocycles. The van der Waals surface area contributed by atoms with Crippen LogP contribution in [-0.4, -0.2) is 34.6 Å². The van der Waals surface area contributed by atoms with Gasteiger partial charge in [-0.3, -0.25) is 29.4 Å². The van der Waals surface area contributed by atoms with Crippen molar-refractivity contribution in [1.29, 1.82) is 0 Å². The number of carbonyl (C=O) groups is 4. The van der Waals surface area contributed by atoms with Crippen molar-refractivity contribution in [2.75, 3.05) is 5.32 Å². The summed E-state index contributed by atoms with van der Waals surface area (Å²) in [5.41, 5.74) is 0.703. The van der Waals surface area contributed by atoms with Gasteiger partial charge in [0.2, 0.25) is 11.8 Å². The molecule has 4 amide bonds. The van der Waals surface area contributed by atoms with Gasteiger partial charge in [0, 0.05) is 18.2 Å². The fourth-order valence-electron chi connectivity index (χ4n) is 2.42. The number of piperidine rings is 1. The topological polar surface area (TPSA) is 95.6 Å². The zero-order valence-corrected chi connectivity index (χ0v) is 11.5. The fraction of sp³-hybridized carbons (Fsp3) is 0.200. The number of anilines is 1. The van der Waals surface area contributed by atoms with Crippen LogP contribution in [0.25, 0.3) is 0 Å². The van der Waals surface area contributed by atoms with Gasteiger partial charge in [-0.1, -0.05) is 12.1 Å². The summed E-state index contributed by atoms with van der Waals surface area (Å²) in [4.78, 5) is 48.2. The number of hydrogen-bond donors (Lipinski definition) is 2. The molecule has 1 unspecified atom stereocenters. The fourth-order valence-corrected chi connectivity index (χ4v) is 2.42. The zero-order chi connectivity index (χ0) is 15.7. The summed E-state index contributed by atoms with van der Waals surface area (Å²) in [6, 6.07) is 8.70. The Morgan fingerprint density at radius 1 is 1.27 bits per heavy atom. The minimum absolute atomic E-state index is 0.0919. The first-order valence-corrected chi connectivity index (χ1v) is 6.72. The Hall–Kier alpha value is -2.96. The monoisotopic (exact) mass is 298 g/mol. The summed E-state index contributed by atoms with van der Waals surface area (Å²) in [5.74, 6) is -2.17. The molecule has 1 aromatic carbocycles. The van der Waals surface area contributed by atoms with Crippen molar-refractivity contribution in [2.45, 2.75) is 18.9 Å². The first-order chi connectivity index (χ1) is 10.6. The normalized spacial score (nSPS) is 21.7. The molecule has 2 aliphatic rings. The molecular weight excluding hydrogens is 286 g/mol. The Morgan fingerprint density at radius 3 is 2.77 bits per heavy atom. The van der Waals surface area contributed by atoms with Crippen LogP contribution >= 0.6 is 0 Å². The van der Waals surface area contributed by atoms with Crippen LogP contribution in [0.1, 0.15) is 12.8 Å². The molecule has 0 saturated carbocycles. The summed E-state index contributed by atoms with van der Waals surface area (Å²) >= 11 is 0. The van der Waals surface area contributed by atoms with Gasteiger partial charge in [0.15, 0.2) is 0 Å². The van der Waals surface area contributed by atoms with Gasteiger partial charge < -0.3 is 5.32 Å². The van der Waals surface area contributed by atoms with Crippen molar-refractivity contribution in [3.8, 4) is 0 Å². The lowest BCUT2D eigenvalue weighted by Crippen LogP contribution is -2.54. The molecule has 2 heterocycles. The molecule has 1 atom stereocenters. The molecule has 0 bridgehead atoms. The number of benzene rings is 1. The van der Waals surface area contributed by atoms with E-state index >= 15 is 0 Å². The Morgan fingerprint density at radius 2 is 2.09 bits per heavy atom. The Kier molecular flexibility index (Phi) is 3.46. The lowest BCUT2D eigenvalue weighted by molar-refractivity contribution is -0.149. The van der Waals surface area contributed by atoms with Crippen LogP contribution in [0, 0.1) is 6.07 Å². The maximum absolute atomic E-state index is 12.3. The van der Waals surface area contributed by atoms with Crippen LogP contribution in [0.3, 0.4) is 0 Å². The average molecular weight is 298 g/mol. The van der Waals surface area contributed by atoms with E-state index in [1.807, 2.05) is 0 Å². The molecule has 7 nitrogen and oxygen atoms in total. The van der Waals surface area contributed by atoms with Crippen LogP contribution in [0.5, 0.6) is 0 Å². The van der Waals surface area contributed by atoms with Crippen molar-refractivity contribution in [1.82, 2.24) is 10.2 Å². The van der Waals surface area contributed by atoms with E-state index in [9.17, 15) is 19.2 Å². The van der Waals surface area contributed by atoms with E-state index < -0.39 is 29.7 Å². The predicted octanol–water partition coefficient (Wildman–Crippen LogP) is -0.0434. The standard InChI is InChI=1S/C15H12N3O4/c19-12-7-6-11(14(21)17-12)18-13(20)8-10(15(18)22)16-9-4-2-1-3-5-9/h1-2,4-5,8,11,16H,6-7H2,(H,17,19,21). The summed E-state index contributed by atoms with van der Waals surface area (Å²) in [5, 5.41) is 4.97. The van der Waals surface area contributed by atoms with Crippen molar-refractivity contribution in [2.24, 2.45) is 0 Å². The first-order valence-electron chi connectivity index (χ1n) is 6.72. The second-order valence-electron chi connectivity index (χ2n) is 4.96.